The number of carbonyl (C=O) groups is 1. The third kappa shape index (κ3) is 2.60. The summed E-state index contributed by atoms with van der Waals surface area (Å²) in [6, 6.07) is -0.468. The number of anilines is 1. The zero-order valence-electron chi connectivity index (χ0n) is 8.74. The molecule has 0 aliphatic rings. The van der Waals surface area contributed by atoms with E-state index < -0.39 is 17.2 Å². The second kappa shape index (κ2) is 4.24. The SMILES string of the molecule is CN(C)C(=O)N(C)c1nnc(C(F)(F)F)s1. The molecule has 5 nitrogen and oxygen atoms in total. The van der Waals surface area contributed by atoms with Gasteiger partial charge in [-0.05, 0) is 0 Å². The molecule has 9 heteroatoms. The van der Waals surface area contributed by atoms with Gasteiger partial charge in [0, 0.05) is 21.1 Å². The molecule has 1 aromatic heterocycles. The fourth-order valence-corrected chi connectivity index (χ4v) is 1.51. The van der Waals surface area contributed by atoms with Gasteiger partial charge < -0.3 is 4.90 Å². The minimum absolute atomic E-state index is 0.0916. The Morgan fingerprint density at radius 3 is 2.19 bits per heavy atom. The highest BCUT2D eigenvalue weighted by Crippen LogP contribution is 2.34. The van der Waals surface area contributed by atoms with Crippen molar-refractivity contribution in [2.75, 3.05) is 26.0 Å². The molecule has 0 aliphatic heterocycles. The van der Waals surface area contributed by atoms with Crippen LogP contribution in [0.15, 0.2) is 0 Å². The van der Waals surface area contributed by atoms with Gasteiger partial charge >= 0.3 is 12.2 Å². The second-order valence-electron chi connectivity index (χ2n) is 3.12. The molecule has 0 radical (unpaired) electrons. The van der Waals surface area contributed by atoms with Crippen molar-refractivity contribution in [1.82, 2.24) is 15.1 Å². The molecule has 1 rings (SSSR count). The Balaban J connectivity index is 2.90. The number of halogens is 3. The summed E-state index contributed by atoms with van der Waals surface area (Å²) in [5.74, 6) is 0. The third-order valence-electron chi connectivity index (χ3n) is 1.61. The first-order valence-electron chi connectivity index (χ1n) is 4.09. The summed E-state index contributed by atoms with van der Waals surface area (Å²) in [6.45, 7) is 0. The lowest BCUT2D eigenvalue weighted by atomic mass is 10.7. The van der Waals surface area contributed by atoms with Crippen LogP contribution in [0.3, 0.4) is 0 Å². The van der Waals surface area contributed by atoms with Gasteiger partial charge in [0.15, 0.2) is 0 Å². The van der Waals surface area contributed by atoms with E-state index in [1.165, 1.54) is 26.0 Å². The van der Waals surface area contributed by atoms with Crippen LogP contribution in [-0.4, -0.2) is 42.3 Å². The van der Waals surface area contributed by atoms with Crippen molar-refractivity contribution < 1.29 is 18.0 Å². The van der Waals surface area contributed by atoms with E-state index in [-0.39, 0.29) is 5.13 Å². The highest BCUT2D eigenvalue weighted by molar-refractivity contribution is 7.15. The summed E-state index contributed by atoms with van der Waals surface area (Å²) < 4.78 is 36.7. The van der Waals surface area contributed by atoms with Crippen LogP contribution in [0.1, 0.15) is 5.01 Å². The molecule has 90 valence electrons. The molecule has 0 saturated heterocycles. The molecule has 0 aromatic carbocycles. The molecule has 1 aromatic rings. The largest absolute Gasteiger partial charge is 0.445 e. The lowest BCUT2D eigenvalue weighted by molar-refractivity contribution is -0.138. The molecule has 0 aliphatic carbocycles. The molecule has 0 fully saturated rings. The molecular weight excluding hydrogens is 245 g/mol. The summed E-state index contributed by atoms with van der Waals surface area (Å²) in [7, 11) is 4.32. The van der Waals surface area contributed by atoms with Crippen LogP contribution in [0.25, 0.3) is 0 Å². The number of urea groups is 1. The first kappa shape index (κ1) is 12.7. The van der Waals surface area contributed by atoms with E-state index in [4.69, 9.17) is 0 Å². The zero-order valence-corrected chi connectivity index (χ0v) is 9.56. The van der Waals surface area contributed by atoms with E-state index in [9.17, 15) is 18.0 Å². The summed E-state index contributed by atoms with van der Waals surface area (Å²) in [5.41, 5.74) is 0. The Morgan fingerprint density at radius 2 is 1.81 bits per heavy atom. The quantitative estimate of drug-likeness (QED) is 0.766. The smallest absolute Gasteiger partial charge is 0.330 e. The van der Waals surface area contributed by atoms with Crippen molar-refractivity contribution >= 4 is 22.5 Å². The van der Waals surface area contributed by atoms with E-state index in [0.29, 0.717) is 11.3 Å². The predicted octanol–water partition coefficient (Wildman–Crippen LogP) is 1.67. The molecule has 2 amide bonds. The fraction of sp³-hybridized carbons (Fsp3) is 0.571. The standard InChI is InChI=1S/C7H9F3N4OS/c1-13(2)6(15)14(3)5-12-11-4(16-5)7(8,9)10/h1-3H3. The first-order valence-corrected chi connectivity index (χ1v) is 4.91. The average molecular weight is 254 g/mol. The Hall–Kier alpha value is -1.38. The Labute approximate surface area is 93.5 Å². The molecule has 0 saturated carbocycles. The van der Waals surface area contributed by atoms with Gasteiger partial charge in [-0.15, -0.1) is 10.2 Å². The van der Waals surface area contributed by atoms with Crippen LogP contribution in [0, 0.1) is 0 Å². The van der Waals surface area contributed by atoms with Crippen LogP contribution in [-0.2, 0) is 6.18 Å². The average Bonchev–Trinajstić information content (AvgIpc) is 2.63. The highest BCUT2D eigenvalue weighted by Gasteiger charge is 2.36. The molecule has 16 heavy (non-hydrogen) atoms. The molecule has 0 unspecified atom stereocenters. The highest BCUT2D eigenvalue weighted by atomic mass is 32.1. The van der Waals surface area contributed by atoms with Crippen molar-refractivity contribution in [2.45, 2.75) is 6.18 Å². The van der Waals surface area contributed by atoms with Crippen molar-refractivity contribution in [3.8, 4) is 0 Å². The van der Waals surface area contributed by atoms with Crippen LogP contribution in [0.2, 0.25) is 0 Å². The predicted molar refractivity (Wildman–Crippen MR) is 52.4 cm³/mol. The van der Waals surface area contributed by atoms with Crippen molar-refractivity contribution in [3.63, 3.8) is 0 Å². The van der Waals surface area contributed by atoms with Crippen LogP contribution >= 0.6 is 11.3 Å². The summed E-state index contributed by atoms with van der Waals surface area (Å²) in [6.07, 6.45) is -4.53. The molecule has 0 N–H and O–H groups in total. The van der Waals surface area contributed by atoms with Gasteiger partial charge in [0.05, 0.1) is 0 Å². The summed E-state index contributed by atoms with van der Waals surface area (Å²) >= 11 is 0.325. The Morgan fingerprint density at radius 1 is 1.25 bits per heavy atom. The van der Waals surface area contributed by atoms with E-state index in [0.717, 1.165) is 4.90 Å². The number of alkyl halides is 3. The van der Waals surface area contributed by atoms with Crippen LogP contribution in [0.4, 0.5) is 23.1 Å². The normalized spacial score (nSPS) is 11.4. The van der Waals surface area contributed by atoms with Crippen molar-refractivity contribution in [1.29, 1.82) is 0 Å². The van der Waals surface area contributed by atoms with Gasteiger partial charge in [-0.3, -0.25) is 4.90 Å². The van der Waals surface area contributed by atoms with Gasteiger partial charge in [-0.1, -0.05) is 11.3 Å². The maximum absolute atomic E-state index is 12.2. The lowest BCUT2D eigenvalue weighted by Crippen LogP contribution is -2.36. The van der Waals surface area contributed by atoms with E-state index in [2.05, 4.69) is 10.2 Å². The number of rotatable bonds is 1. The third-order valence-corrected chi connectivity index (χ3v) is 2.66. The van der Waals surface area contributed by atoms with E-state index >= 15 is 0 Å². The fourth-order valence-electron chi connectivity index (χ4n) is 0.847. The number of amides is 2. The van der Waals surface area contributed by atoms with Crippen LogP contribution in [0.5, 0.6) is 0 Å². The maximum atomic E-state index is 12.2. The van der Waals surface area contributed by atoms with E-state index in [1.807, 2.05) is 0 Å². The number of carbonyl (C=O) groups excluding carboxylic acids is 1. The first-order chi connectivity index (χ1) is 7.23. The Bertz CT molecular complexity index is 389. The van der Waals surface area contributed by atoms with Gasteiger partial charge in [-0.25, -0.2) is 4.79 Å². The summed E-state index contributed by atoms with van der Waals surface area (Å²) in [5, 5.41) is 5.13. The van der Waals surface area contributed by atoms with Gasteiger partial charge in [-0.2, -0.15) is 13.2 Å². The van der Waals surface area contributed by atoms with Gasteiger partial charge in [0.2, 0.25) is 10.1 Å². The number of aromatic nitrogens is 2. The summed E-state index contributed by atoms with van der Waals surface area (Å²) in [4.78, 5) is 13.6. The number of hydrogen-bond donors (Lipinski definition) is 0. The number of hydrogen-bond acceptors (Lipinski definition) is 4. The topological polar surface area (TPSA) is 49.3 Å². The molecular formula is C7H9F3N4OS. The molecule has 1 heterocycles. The van der Waals surface area contributed by atoms with Crippen molar-refractivity contribution in [2.24, 2.45) is 0 Å². The number of nitrogens with zero attached hydrogens (tertiary/aromatic N) is 4. The Kier molecular flexibility index (Phi) is 3.36. The maximum Gasteiger partial charge on any atom is 0.445 e. The minimum atomic E-state index is -4.53. The van der Waals surface area contributed by atoms with Gasteiger partial charge in [0.1, 0.15) is 0 Å². The van der Waals surface area contributed by atoms with Crippen LogP contribution < -0.4 is 4.90 Å². The second-order valence-corrected chi connectivity index (χ2v) is 4.08. The molecule has 0 atom stereocenters. The zero-order chi connectivity index (χ0) is 12.5. The van der Waals surface area contributed by atoms with Gasteiger partial charge in [0.25, 0.3) is 0 Å². The molecule has 0 bridgehead atoms. The molecule has 0 spiro atoms. The van der Waals surface area contributed by atoms with Crippen molar-refractivity contribution in [3.05, 3.63) is 5.01 Å². The van der Waals surface area contributed by atoms with E-state index in [1.54, 1.807) is 0 Å². The monoisotopic (exact) mass is 254 g/mol. The minimum Gasteiger partial charge on any atom is -0.330 e. The lowest BCUT2D eigenvalue weighted by Gasteiger charge is -2.18.